The lowest BCUT2D eigenvalue weighted by atomic mass is 10.5. The highest BCUT2D eigenvalue weighted by atomic mass is 28.5. The van der Waals surface area contributed by atoms with Crippen molar-refractivity contribution < 1.29 is 12.3 Å². The molecule has 0 aromatic carbocycles. The average molecular weight is 339 g/mol. The van der Waals surface area contributed by atoms with Crippen molar-refractivity contribution in [2.45, 2.75) is 64.8 Å². The van der Waals surface area contributed by atoms with Crippen LogP contribution in [-0.4, -0.2) is 41.0 Å². The van der Waals surface area contributed by atoms with E-state index in [1.54, 1.807) is 0 Å². The Kier molecular flexibility index (Phi) is 7.93. The molecule has 0 fully saturated rings. The van der Waals surface area contributed by atoms with Gasteiger partial charge in [0.2, 0.25) is 0 Å². The van der Waals surface area contributed by atoms with Crippen LogP contribution in [0.5, 0.6) is 0 Å². The van der Waals surface area contributed by atoms with Gasteiger partial charge in [0, 0.05) is 0 Å². The second-order valence-corrected chi connectivity index (χ2v) is 22.1. The smallest absolute Gasteiger partial charge is 0.364 e. The van der Waals surface area contributed by atoms with E-state index in [4.69, 9.17) is 18.1 Å². The summed E-state index contributed by atoms with van der Waals surface area (Å²) >= 11 is 0. The fourth-order valence-electron chi connectivity index (χ4n) is 1.74. The summed E-state index contributed by atoms with van der Waals surface area (Å²) in [5.41, 5.74) is 5.61. The Morgan fingerprint density at radius 2 is 1.37 bits per heavy atom. The van der Waals surface area contributed by atoms with Gasteiger partial charge < -0.3 is 18.1 Å². The van der Waals surface area contributed by atoms with E-state index in [-0.39, 0.29) is 0 Å². The molecule has 115 valence electrons. The molecule has 0 rings (SSSR count). The standard InChI is InChI=1S/C11H32NO3Si4/c1-17(2,3)13-16(11-9-10-12)14-19(7,8)15-18(4,5)6/h9-12H2,1-8H3. The zero-order chi connectivity index (χ0) is 15.3. The van der Waals surface area contributed by atoms with Crippen molar-refractivity contribution in [3.63, 3.8) is 0 Å². The third-order valence-electron chi connectivity index (χ3n) is 1.92. The van der Waals surface area contributed by atoms with Gasteiger partial charge in [-0.3, -0.25) is 0 Å². The van der Waals surface area contributed by atoms with E-state index in [9.17, 15) is 0 Å². The Morgan fingerprint density at radius 3 is 1.74 bits per heavy atom. The molecule has 0 aliphatic rings. The monoisotopic (exact) mass is 338 g/mol. The summed E-state index contributed by atoms with van der Waals surface area (Å²) in [6.07, 6.45) is 0.968. The molecule has 0 aliphatic heterocycles. The molecule has 0 aliphatic carbocycles. The van der Waals surface area contributed by atoms with E-state index in [0.717, 1.165) is 12.5 Å². The summed E-state index contributed by atoms with van der Waals surface area (Å²) in [5.74, 6) is 0. The fourth-order valence-corrected chi connectivity index (χ4v) is 15.0. The van der Waals surface area contributed by atoms with E-state index < -0.39 is 34.5 Å². The van der Waals surface area contributed by atoms with Gasteiger partial charge in [-0.25, -0.2) is 0 Å². The minimum absolute atomic E-state index is 0.698. The zero-order valence-electron chi connectivity index (χ0n) is 13.9. The molecule has 0 heterocycles. The molecule has 0 unspecified atom stereocenters. The molecule has 0 aromatic rings. The van der Waals surface area contributed by atoms with Crippen molar-refractivity contribution in [3.05, 3.63) is 0 Å². The maximum absolute atomic E-state index is 6.30. The number of rotatable bonds is 9. The lowest BCUT2D eigenvalue weighted by molar-refractivity contribution is 0.345. The molecule has 0 amide bonds. The predicted octanol–water partition coefficient (Wildman–Crippen LogP) is 3.24. The third-order valence-corrected chi connectivity index (χ3v) is 13.3. The third kappa shape index (κ3) is 12.2. The van der Waals surface area contributed by atoms with E-state index in [2.05, 4.69) is 52.4 Å². The summed E-state index contributed by atoms with van der Waals surface area (Å²) in [6.45, 7) is 18.2. The molecule has 2 N–H and O–H groups in total. The normalized spacial score (nSPS) is 14.2. The molecule has 0 saturated carbocycles. The topological polar surface area (TPSA) is 53.7 Å². The fraction of sp³-hybridized carbons (Fsp3) is 1.00. The minimum atomic E-state index is -2.09. The van der Waals surface area contributed by atoms with E-state index in [1.807, 2.05) is 0 Å². The van der Waals surface area contributed by atoms with Crippen LogP contribution in [0.25, 0.3) is 0 Å². The molecule has 0 saturated heterocycles. The lowest BCUT2D eigenvalue weighted by Gasteiger charge is -2.35. The summed E-state index contributed by atoms with van der Waals surface area (Å²) < 4.78 is 18.8. The highest BCUT2D eigenvalue weighted by Crippen LogP contribution is 2.20. The van der Waals surface area contributed by atoms with E-state index in [1.165, 1.54) is 0 Å². The molecule has 1 radical (unpaired) electrons. The lowest BCUT2D eigenvalue weighted by Crippen LogP contribution is -2.50. The SMILES string of the molecule is C[Si](C)(C)O[Si](CCCN)O[Si](C)(C)O[Si](C)(C)C. The van der Waals surface area contributed by atoms with Crippen molar-refractivity contribution in [2.24, 2.45) is 5.73 Å². The number of hydrogen-bond acceptors (Lipinski definition) is 4. The molecule has 0 bridgehead atoms. The largest absolute Gasteiger partial charge is 0.437 e. The molecular formula is C11H32NO3Si4. The van der Waals surface area contributed by atoms with Crippen LogP contribution in [0.4, 0.5) is 0 Å². The Balaban J connectivity index is 4.60. The maximum Gasteiger partial charge on any atom is 0.364 e. The second-order valence-electron chi connectivity index (χ2n) is 7.19. The van der Waals surface area contributed by atoms with Crippen LogP contribution in [0, 0.1) is 0 Å². The van der Waals surface area contributed by atoms with Gasteiger partial charge >= 0.3 is 17.8 Å². The zero-order valence-corrected chi connectivity index (χ0v) is 17.9. The van der Waals surface area contributed by atoms with Crippen LogP contribution in [0.3, 0.4) is 0 Å². The molecule has 8 heteroatoms. The van der Waals surface area contributed by atoms with Crippen molar-refractivity contribution in [2.75, 3.05) is 6.54 Å². The number of nitrogens with two attached hydrogens (primary N) is 1. The van der Waals surface area contributed by atoms with Gasteiger partial charge in [0.1, 0.15) is 0 Å². The van der Waals surface area contributed by atoms with Gasteiger partial charge in [-0.05, 0) is 71.4 Å². The maximum atomic E-state index is 6.30. The number of hydrogen-bond donors (Lipinski definition) is 1. The van der Waals surface area contributed by atoms with Crippen LogP contribution in [0.1, 0.15) is 6.42 Å². The first kappa shape index (κ1) is 19.7. The van der Waals surface area contributed by atoms with Gasteiger partial charge in [-0.2, -0.15) is 0 Å². The van der Waals surface area contributed by atoms with Gasteiger partial charge in [0.25, 0.3) is 0 Å². The van der Waals surface area contributed by atoms with Crippen molar-refractivity contribution >= 4 is 34.5 Å². The first-order chi connectivity index (χ1) is 8.35. The van der Waals surface area contributed by atoms with Crippen molar-refractivity contribution in [3.8, 4) is 0 Å². The predicted molar refractivity (Wildman–Crippen MR) is 91.7 cm³/mol. The highest BCUT2D eigenvalue weighted by molar-refractivity contribution is 6.85. The van der Waals surface area contributed by atoms with Gasteiger partial charge in [0.15, 0.2) is 16.6 Å². The van der Waals surface area contributed by atoms with Crippen LogP contribution in [0.2, 0.25) is 58.4 Å². The van der Waals surface area contributed by atoms with Crippen molar-refractivity contribution in [1.82, 2.24) is 0 Å². The van der Waals surface area contributed by atoms with Crippen LogP contribution in [0.15, 0.2) is 0 Å². The van der Waals surface area contributed by atoms with Gasteiger partial charge in [-0.1, -0.05) is 0 Å². The molecule has 0 atom stereocenters. The summed E-state index contributed by atoms with van der Waals surface area (Å²) in [7, 11) is -6.48. The van der Waals surface area contributed by atoms with Gasteiger partial charge in [-0.15, -0.1) is 0 Å². The van der Waals surface area contributed by atoms with Crippen molar-refractivity contribution in [1.29, 1.82) is 0 Å². The molecular weight excluding hydrogens is 306 g/mol. The minimum Gasteiger partial charge on any atom is -0.437 e. The highest BCUT2D eigenvalue weighted by Gasteiger charge is 2.37. The van der Waals surface area contributed by atoms with Gasteiger partial charge in [0.05, 0.1) is 0 Å². The average Bonchev–Trinajstić information content (AvgIpc) is 2.06. The Bertz CT molecular complexity index is 264. The molecule has 19 heavy (non-hydrogen) atoms. The quantitative estimate of drug-likeness (QED) is 0.656. The van der Waals surface area contributed by atoms with Crippen LogP contribution >= 0.6 is 0 Å². The summed E-state index contributed by atoms with van der Waals surface area (Å²) in [4.78, 5) is 0. The summed E-state index contributed by atoms with van der Waals surface area (Å²) in [6, 6.07) is 0.955. The van der Waals surface area contributed by atoms with Crippen LogP contribution in [-0.2, 0) is 12.3 Å². The first-order valence-corrected chi connectivity index (χ1v) is 18.1. The van der Waals surface area contributed by atoms with E-state index >= 15 is 0 Å². The molecule has 0 aromatic heterocycles. The second kappa shape index (κ2) is 7.64. The first-order valence-electron chi connectivity index (χ1n) is 6.99. The van der Waals surface area contributed by atoms with Crippen LogP contribution < -0.4 is 5.73 Å². The Labute approximate surface area is 124 Å². The summed E-state index contributed by atoms with van der Waals surface area (Å²) in [5, 5.41) is 0. The molecule has 4 nitrogen and oxygen atoms in total. The Hall–Kier alpha value is 0.708. The molecule has 0 spiro atoms. The Morgan fingerprint density at radius 1 is 0.842 bits per heavy atom. The van der Waals surface area contributed by atoms with E-state index in [0.29, 0.717) is 6.54 Å².